The van der Waals surface area contributed by atoms with Crippen LogP contribution in [0.1, 0.15) is 13.8 Å². The van der Waals surface area contributed by atoms with Gasteiger partial charge in [-0.1, -0.05) is 37.0 Å². The zero-order valence-corrected chi connectivity index (χ0v) is 12.3. The summed E-state index contributed by atoms with van der Waals surface area (Å²) in [5, 5.41) is 2.97. The first kappa shape index (κ1) is 15.3. The number of carbonyl (C=O) groups is 1. The van der Waals surface area contributed by atoms with Crippen molar-refractivity contribution >= 4 is 51.3 Å². The summed E-state index contributed by atoms with van der Waals surface area (Å²) in [7, 11) is -1.22. The lowest BCUT2D eigenvalue weighted by molar-refractivity contribution is -0.113. The molecule has 0 bridgehead atoms. The Morgan fingerprint density at radius 1 is 1.39 bits per heavy atom. The SMILES string of the molecule is CC(C)S(=O)CC(=O)Nc1c(Cl)cc(N)cc1Cl. The number of nitrogen functional groups attached to an aromatic ring is 1. The van der Waals surface area contributed by atoms with Gasteiger partial charge in [-0.2, -0.15) is 0 Å². The third-order valence-corrected chi connectivity index (χ3v) is 4.32. The first-order valence-corrected chi connectivity index (χ1v) is 7.36. The average molecular weight is 309 g/mol. The lowest BCUT2D eigenvalue weighted by Gasteiger charge is -2.11. The Kier molecular flexibility index (Phi) is 5.44. The predicted octanol–water partition coefficient (Wildman–Crippen LogP) is 2.67. The van der Waals surface area contributed by atoms with E-state index >= 15 is 0 Å². The van der Waals surface area contributed by atoms with E-state index in [-0.39, 0.29) is 21.0 Å². The summed E-state index contributed by atoms with van der Waals surface area (Å²) in [5.41, 5.74) is 6.25. The summed E-state index contributed by atoms with van der Waals surface area (Å²) in [4.78, 5) is 11.7. The second-order valence-corrected chi connectivity index (χ2v) is 6.79. The van der Waals surface area contributed by atoms with Crippen LogP contribution in [0.25, 0.3) is 0 Å². The molecule has 0 aliphatic heterocycles. The molecule has 4 nitrogen and oxygen atoms in total. The Morgan fingerprint density at radius 2 is 1.89 bits per heavy atom. The lowest BCUT2D eigenvalue weighted by Crippen LogP contribution is -2.23. The van der Waals surface area contributed by atoms with Crippen molar-refractivity contribution in [2.45, 2.75) is 19.1 Å². The molecule has 1 aromatic rings. The molecule has 0 radical (unpaired) electrons. The number of hydrogen-bond acceptors (Lipinski definition) is 3. The van der Waals surface area contributed by atoms with E-state index in [2.05, 4.69) is 5.32 Å². The van der Waals surface area contributed by atoms with Crippen molar-refractivity contribution in [3.8, 4) is 0 Å². The average Bonchev–Trinajstić information content (AvgIpc) is 2.23. The van der Waals surface area contributed by atoms with Crippen LogP contribution in [0.3, 0.4) is 0 Å². The molecule has 1 atom stereocenters. The first-order chi connectivity index (χ1) is 8.31. The minimum absolute atomic E-state index is 0.0758. The van der Waals surface area contributed by atoms with Gasteiger partial charge < -0.3 is 11.1 Å². The highest BCUT2D eigenvalue weighted by molar-refractivity contribution is 7.86. The van der Waals surface area contributed by atoms with Gasteiger partial charge in [-0.05, 0) is 12.1 Å². The topological polar surface area (TPSA) is 72.2 Å². The van der Waals surface area contributed by atoms with Crippen molar-refractivity contribution in [2.75, 3.05) is 16.8 Å². The molecule has 0 saturated carbocycles. The van der Waals surface area contributed by atoms with Crippen molar-refractivity contribution in [3.63, 3.8) is 0 Å². The van der Waals surface area contributed by atoms with E-state index in [1.54, 1.807) is 13.8 Å². The van der Waals surface area contributed by atoms with Crippen LogP contribution in [0.15, 0.2) is 12.1 Å². The lowest BCUT2D eigenvalue weighted by atomic mass is 10.3. The van der Waals surface area contributed by atoms with Crippen LogP contribution in [0, 0.1) is 0 Å². The van der Waals surface area contributed by atoms with Crippen molar-refractivity contribution in [3.05, 3.63) is 22.2 Å². The van der Waals surface area contributed by atoms with Crippen LogP contribution in [-0.4, -0.2) is 21.1 Å². The van der Waals surface area contributed by atoms with E-state index < -0.39 is 16.7 Å². The molecule has 1 amide bonds. The summed E-state index contributed by atoms with van der Waals surface area (Å²) in [6.45, 7) is 3.57. The zero-order valence-electron chi connectivity index (χ0n) is 10.00. The maximum Gasteiger partial charge on any atom is 0.237 e. The van der Waals surface area contributed by atoms with Crippen molar-refractivity contribution < 1.29 is 9.00 Å². The highest BCUT2D eigenvalue weighted by Gasteiger charge is 2.14. The molecular weight excluding hydrogens is 295 g/mol. The smallest absolute Gasteiger partial charge is 0.237 e. The van der Waals surface area contributed by atoms with Crippen LogP contribution in [0.2, 0.25) is 10.0 Å². The van der Waals surface area contributed by atoms with Crippen molar-refractivity contribution in [1.29, 1.82) is 0 Å². The molecule has 0 fully saturated rings. The minimum atomic E-state index is -1.22. The molecule has 1 aromatic carbocycles. The van der Waals surface area contributed by atoms with E-state index in [1.165, 1.54) is 12.1 Å². The third-order valence-electron chi connectivity index (χ3n) is 2.13. The van der Waals surface area contributed by atoms with Gasteiger partial charge in [0.1, 0.15) is 5.75 Å². The van der Waals surface area contributed by atoms with E-state index in [0.29, 0.717) is 11.4 Å². The number of hydrogen-bond donors (Lipinski definition) is 2. The number of halogens is 2. The Morgan fingerprint density at radius 3 is 2.33 bits per heavy atom. The highest BCUT2D eigenvalue weighted by atomic mass is 35.5. The van der Waals surface area contributed by atoms with Crippen LogP contribution in [0.5, 0.6) is 0 Å². The Balaban J connectivity index is 2.80. The molecule has 0 aromatic heterocycles. The number of amides is 1. The molecule has 3 N–H and O–H groups in total. The molecule has 0 aliphatic rings. The monoisotopic (exact) mass is 308 g/mol. The maximum absolute atomic E-state index is 11.7. The van der Waals surface area contributed by atoms with Crippen molar-refractivity contribution in [1.82, 2.24) is 0 Å². The van der Waals surface area contributed by atoms with Crippen LogP contribution in [0.4, 0.5) is 11.4 Å². The highest BCUT2D eigenvalue weighted by Crippen LogP contribution is 2.32. The standard InChI is InChI=1S/C11H14Cl2N2O2S/c1-6(2)18(17)5-10(16)15-11-8(12)3-7(14)4-9(11)13/h3-4,6H,5,14H2,1-2H3,(H,15,16). The first-order valence-electron chi connectivity index (χ1n) is 5.22. The van der Waals surface area contributed by atoms with Gasteiger partial charge in [-0.3, -0.25) is 9.00 Å². The fraction of sp³-hybridized carbons (Fsp3) is 0.364. The van der Waals surface area contributed by atoms with Crippen molar-refractivity contribution in [2.24, 2.45) is 0 Å². The predicted molar refractivity (Wildman–Crippen MR) is 77.6 cm³/mol. The van der Waals surface area contributed by atoms with E-state index in [9.17, 15) is 9.00 Å². The number of benzene rings is 1. The number of anilines is 2. The molecule has 7 heteroatoms. The van der Waals surface area contributed by atoms with Gasteiger partial charge in [0.2, 0.25) is 5.91 Å². The third kappa shape index (κ3) is 4.15. The van der Waals surface area contributed by atoms with Crippen LogP contribution < -0.4 is 11.1 Å². The largest absolute Gasteiger partial charge is 0.399 e. The van der Waals surface area contributed by atoms with Crippen LogP contribution in [-0.2, 0) is 15.6 Å². The fourth-order valence-electron chi connectivity index (χ4n) is 1.18. The maximum atomic E-state index is 11.7. The van der Waals surface area contributed by atoms with Crippen LogP contribution >= 0.6 is 23.2 Å². The van der Waals surface area contributed by atoms with E-state index in [1.807, 2.05) is 0 Å². The molecule has 18 heavy (non-hydrogen) atoms. The molecule has 0 saturated heterocycles. The van der Waals surface area contributed by atoms with E-state index in [0.717, 1.165) is 0 Å². The molecule has 1 rings (SSSR count). The molecular formula is C11H14Cl2N2O2S. The molecule has 0 spiro atoms. The number of nitrogens with one attached hydrogen (secondary N) is 1. The summed E-state index contributed by atoms with van der Waals surface area (Å²) in [6, 6.07) is 2.98. The minimum Gasteiger partial charge on any atom is -0.399 e. The second kappa shape index (κ2) is 6.41. The molecule has 0 heterocycles. The number of carbonyl (C=O) groups excluding carboxylic acids is 1. The summed E-state index contributed by atoms with van der Waals surface area (Å²) in [6.07, 6.45) is 0. The quantitative estimate of drug-likeness (QED) is 0.840. The number of nitrogens with two attached hydrogens (primary N) is 1. The molecule has 0 aliphatic carbocycles. The van der Waals surface area contributed by atoms with E-state index in [4.69, 9.17) is 28.9 Å². The second-order valence-electron chi connectivity index (χ2n) is 3.98. The molecule has 1 unspecified atom stereocenters. The Hall–Kier alpha value is -0.780. The van der Waals surface area contributed by atoms with Gasteiger partial charge >= 0.3 is 0 Å². The van der Waals surface area contributed by atoms with Gasteiger partial charge in [0, 0.05) is 21.7 Å². The van der Waals surface area contributed by atoms with Gasteiger partial charge in [0.25, 0.3) is 0 Å². The van der Waals surface area contributed by atoms with Gasteiger partial charge in [0.15, 0.2) is 0 Å². The number of rotatable bonds is 4. The summed E-state index contributed by atoms with van der Waals surface area (Å²) >= 11 is 11.8. The normalized spacial score (nSPS) is 12.5. The van der Waals surface area contributed by atoms with Gasteiger partial charge in [-0.15, -0.1) is 0 Å². The summed E-state index contributed by atoms with van der Waals surface area (Å²) in [5.74, 6) is -0.482. The fourth-order valence-corrected chi connectivity index (χ4v) is 2.45. The zero-order chi connectivity index (χ0) is 13.9. The Labute approximate surface area is 118 Å². The molecule has 100 valence electrons. The van der Waals surface area contributed by atoms with Gasteiger partial charge in [0.05, 0.1) is 15.7 Å². The van der Waals surface area contributed by atoms with Gasteiger partial charge in [-0.25, -0.2) is 0 Å². The Bertz CT molecular complexity index is 469. The summed E-state index contributed by atoms with van der Waals surface area (Å²) < 4.78 is 11.5.